The van der Waals surface area contributed by atoms with Gasteiger partial charge in [-0.25, -0.2) is 0 Å². The molecule has 0 saturated heterocycles. The van der Waals surface area contributed by atoms with Crippen LogP contribution in [0.1, 0.15) is 32.1 Å². The second-order valence-corrected chi connectivity index (χ2v) is 5.58. The summed E-state index contributed by atoms with van der Waals surface area (Å²) in [4.78, 5) is 2.08. The molecular formula is C15H24N2O. The quantitative estimate of drug-likeness (QED) is 0.860. The Balaban J connectivity index is 1.89. The lowest BCUT2D eigenvalue weighted by molar-refractivity contribution is 0.0167. The van der Waals surface area contributed by atoms with Crippen molar-refractivity contribution in [2.75, 3.05) is 30.9 Å². The van der Waals surface area contributed by atoms with Crippen LogP contribution < -0.4 is 10.2 Å². The number of rotatable bonds is 4. The predicted octanol–water partition coefficient (Wildman–Crippen LogP) is 2.86. The number of nitrogens with zero attached hydrogens (tertiary/aromatic N) is 1. The molecule has 2 N–H and O–H groups in total. The molecule has 1 aromatic carbocycles. The Kier molecular flexibility index (Phi) is 4.12. The van der Waals surface area contributed by atoms with Crippen LogP contribution in [0.3, 0.4) is 0 Å². The van der Waals surface area contributed by atoms with Crippen molar-refractivity contribution >= 4 is 11.4 Å². The normalized spacial score (nSPS) is 18.4. The average molecular weight is 248 g/mol. The zero-order valence-corrected chi connectivity index (χ0v) is 11.4. The van der Waals surface area contributed by atoms with Crippen molar-refractivity contribution in [3.8, 4) is 0 Å². The van der Waals surface area contributed by atoms with Gasteiger partial charge in [-0.2, -0.15) is 0 Å². The summed E-state index contributed by atoms with van der Waals surface area (Å²) in [6, 6.07) is 8.32. The van der Waals surface area contributed by atoms with Crippen molar-refractivity contribution in [1.29, 1.82) is 0 Å². The third kappa shape index (κ3) is 3.39. The smallest absolute Gasteiger partial charge is 0.0819 e. The molecule has 1 fully saturated rings. The number of hydrogen-bond acceptors (Lipinski definition) is 3. The first-order valence-electron chi connectivity index (χ1n) is 6.83. The zero-order valence-electron chi connectivity index (χ0n) is 11.4. The van der Waals surface area contributed by atoms with E-state index in [1.54, 1.807) is 0 Å². The van der Waals surface area contributed by atoms with E-state index in [-0.39, 0.29) is 0 Å². The molecule has 0 radical (unpaired) electrons. The Morgan fingerprint density at radius 1 is 1.11 bits per heavy atom. The van der Waals surface area contributed by atoms with E-state index in [2.05, 4.69) is 34.5 Å². The molecule has 0 unspecified atom stereocenters. The maximum Gasteiger partial charge on any atom is 0.0819 e. The molecule has 3 heteroatoms. The Bertz CT molecular complexity index is 367. The van der Waals surface area contributed by atoms with Gasteiger partial charge in [0.05, 0.1) is 5.60 Å². The first-order valence-corrected chi connectivity index (χ1v) is 6.83. The highest BCUT2D eigenvalue weighted by atomic mass is 16.3. The first-order chi connectivity index (χ1) is 8.59. The van der Waals surface area contributed by atoms with E-state index in [1.807, 2.05) is 14.1 Å². The highest BCUT2D eigenvalue weighted by Crippen LogP contribution is 2.28. The minimum atomic E-state index is -0.502. The predicted molar refractivity (Wildman–Crippen MR) is 77.3 cm³/mol. The van der Waals surface area contributed by atoms with Crippen LogP contribution in [0.5, 0.6) is 0 Å². The summed E-state index contributed by atoms with van der Waals surface area (Å²) in [5.41, 5.74) is 1.77. The summed E-state index contributed by atoms with van der Waals surface area (Å²) in [7, 11) is 4.07. The molecule has 1 aliphatic rings. The van der Waals surface area contributed by atoms with Crippen molar-refractivity contribution in [2.24, 2.45) is 0 Å². The van der Waals surface area contributed by atoms with E-state index in [0.29, 0.717) is 6.54 Å². The topological polar surface area (TPSA) is 35.5 Å². The molecule has 0 bridgehead atoms. The van der Waals surface area contributed by atoms with Crippen molar-refractivity contribution in [3.63, 3.8) is 0 Å². The van der Waals surface area contributed by atoms with Gasteiger partial charge in [0.25, 0.3) is 0 Å². The van der Waals surface area contributed by atoms with E-state index >= 15 is 0 Å². The van der Waals surface area contributed by atoms with Crippen LogP contribution in [-0.4, -0.2) is 31.3 Å². The molecule has 2 rings (SSSR count). The lowest BCUT2D eigenvalue weighted by atomic mass is 9.85. The fourth-order valence-electron chi connectivity index (χ4n) is 2.53. The summed E-state index contributed by atoms with van der Waals surface area (Å²) in [6.07, 6.45) is 5.42. The first kappa shape index (κ1) is 13.2. The van der Waals surface area contributed by atoms with Crippen molar-refractivity contribution in [2.45, 2.75) is 37.7 Å². The van der Waals surface area contributed by atoms with Crippen molar-refractivity contribution < 1.29 is 5.11 Å². The third-order valence-corrected chi connectivity index (χ3v) is 3.79. The molecule has 100 valence electrons. The van der Waals surface area contributed by atoms with E-state index in [0.717, 1.165) is 31.4 Å². The summed E-state index contributed by atoms with van der Waals surface area (Å²) in [5, 5.41) is 13.8. The molecule has 1 aromatic rings. The number of anilines is 2. The Labute approximate surface area is 110 Å². The van der Waals surface area contributed by atoms with Gasteiger partial charge in [0.2, 0.25) is 0 Å². The fraction of sp³-hybridized carbons (Fsp3) is 0.600. The van der Waals surface area contributed by atoms with Crippen LogP contribution in [-0.2, 0) is 0 Å². The summed E-state index contributed by atoms with van der Waals surface area (Å²) in [5.74, 6) is 0. The van der Waals surface area contributed by atoms with E-state index in [1.165, 1.54) is 12.1 Å². The van der Waals surface area contributed by atoms with Crippen LogP contribution in [0, 0.1) is 0 Å². The van der Waals surface area contributed by atoms with Gasteiger partial charge in [-0.3, -0.25) is 0 Å². The lowest BCUT2D eigenvalue weighted by Crippen LogP contribution is -2.38. The van der Waals surface area contributed by atoms with Crippen LogP contribution in [0.25, 0.3) is 0 Å². The van der Waals surface area contributed by atoms with Crippen LogP contribution in [0.2, 0.25) is 0 Å². The summed E-state index contributed by atoms with van der Waals surface area (Å²) < 4.78 is 0. The molecule has 0 aliphatic heterocycles. The van der Waals surface area contributed by atoms with Crippen molar-refractivity contribution in [1.82, 2.24) is 0 Å². The maximum atomic E-state index is 10.4. The standard InChI is InChI=1S/C15H24N2O/c1-17(2)14-8-6-13(7-9-14)16-12-15(18)10-4-3-5-11-15/h6-9,16,18H,3-5,10-12H2,1-2H3. The van der Waals surface area contributed by atoms with Gasteiger partial charge in [-0.1, -0.05) is 19.3 Å². The Morgan fingerprint density at radius 3 is 2.28 bits per heavy atom. The van der Waals surface area contributed by atoms with E-state index in [9.17, 15) is 5.11 Å². The van der Waals surface area contributed by atoms with Gasteiger partial charge in [-0.05, 0) is 37.1 Å². The van der Waals surface area contributed by atoms with Gasteiger partial charge in [0.1, 0.15) is 0 Å². The highest BCUT2D eigenvalue weighted by molar-refractivity contribution is 5.54. The van der Waals surface area contributed by atoms with Gasteiger partial charge in [-0.15, -0.1) is 0 Å². The van der Waals surface area contributed by atoms with E-state index < -0.39 is 5.60 Å². The van der Waals surface area contributed by atoms with E-state index in [4.69, 9.17) is 0 Å². The molecule has 1 saturated carbocycles. The largest absolute Gasteiger partial charge is 0.388 e. The molecule has 18 heavy (non-hydrogen) atoms. The SMILES string of the molecule is CN(C)c1ccc(NCC2(O)CCCCC2)cc1. The molecule has 3 nitrogen and oxygen atoms in total. The highest BCUT2D eigenvalue weighted by Gasteiger charge is 2.28. The Hall–Kier alpha value is -1.22. The molecule has 1 aliphatic carbocycles. The molecular weight excluding hydrogens is 224 g/mol. The molecule has 0 amide bonds. The second-order valence-electron chi connectivity index (χ2n) is 5.58. The molecule has 0 spiro atoms. The molecule has 0 heterocycles. The lowest BCUT2D eigenvalue weighted by Gasteiger charge is -2.32. The second kappa shape index (κ2) is 5.61. The van der Waals surface area contributed by atoms with Gasteiger partial charge in [0, 0.05) is 32.0 Å². The minimum Gasteiger partial charge on any atom is -0.388 e. The summed E-state index contributed by atoms with van der Waals surface area (Å²) >= 11 is 0. The minimum absolute atomic E-state index is 0.502. The average Bonchev–Trinajstić information content (AvgIpc) is 2.38. The number of aliphatic hydroxyl groups is 1. The number of hydrogen-bond donors (Lipinski definition) is 2. The third-order valence-electron chi connectivity index (χ3n) is 3.79. The number of benzene rings is 1. The van der Waals surface area contributed by atoms with Gasteiger partial charge >= 0.3 is 0 Å². The van der Waals surface area contributed by atoms with Crippen LogP contribution >= 0.6 is 0 Å². The van der Waals surface area contributed by atoms with Crippen LogP contribution in [0.15, 0.2) is 24.3 Å². The fourth-order valence-corrected chi connectivity index (χ4v) is 2.53. The summed E-state index contributed by atoms with van der Waals surface area (Å²) in [6.45, 7) is 0.661. The van der Waals surface area contributed by atoms with Gasteiger partial charge < -0.3 is 15.3 Å². The zero-order chi connectivity index (χ0) is 13.0. The van der Waals surface area contributed by atoms with Gasteiger partial charge in [0.15, 0.2) is 0 Å². The maximum absolute atomic E-state index is 10.4. The number of nitrogens with one attached hydrogen (secondary N) is 1. The molecule has 0 aromatic heterocycles. The van der Waals surface area contributed by atoms with Crippen molar-refractivity contribution in [3.05, 3.63) is 24.3 Å². The van der Waals surface area contributed by atoms with Crippen LogP contribution in [0.4, 0.5) is 11.4 Å². The Morgan fingerprint density at radius 2 is 1.72 bits per heavy atom. The monoisotopic (exact) mass is 248 g/mol. The molecule has 0 atom stereocenters.